The van der Waals surface area contributed by atoms with Crippen molar-refractivity contribution in [2.75, 3.05) is 38.5 Å². The van der Waals surface area contributed by atoms with E-state index in [4.69, 9.17) is 0 Å². The van der Waals surface area contributed by atoms with Crippen LogP contribution in [0.1, 0.15) is 63.9 Å². The third-order valence-corrected chi connectivity index (χ3v) is 5.87. The molecule has 0 radical (unpaired) electrons. The molecule has 25 heavy (non-hydrogen) atoms. The SMILES string of the molecule is CCNc1ncc(CN(C)CC2(N3CCCCC3)CCCCC2)cn1. The number of hydrogen-bond donors (Lipinski definition) is 1. The summed E-state index contributed by atoms with van der Waals surface area (Å²) in [5.41, 5.74) is 1.60. The summed E-state index contributed by atoms with van der Waals surface area (Å²) >= 11 is 0. The zero-order valence-corrected chi connectivity index (χ0v) is 16.1. The zero-order valence-electron chi connectivity index (χ0n) is 16.1. The third kappa shape index (κ3) is 4.91. The van der Waals surface area contributed by atoms with Crippen molar-refractivity contribution in [3.05, 3.63) is 18.0 Å². The van der Waals surface area contributed by atoms with Crippen LogP contribution in [0.15, 0.2) is 12.4 Å². The highest BCUT2D eigenvalue weighted by Gasteiger charge is 2.39. The quantitative estimate of drug-likeness (QED) is 0.819. The van der Waals surface area contributed by atoms with Crippen molar-refractivity contribution in [3.63, 3.8) is 0 Å². The third-order valence-electron chi connectivity index (χ3n) is 5.87. The van der Waals surface area contributed by atoms with Gasteiger partial charge in [-0.15, -0.1) is 0 Å². The lowest BCUT2D eigenvalue weighted by Gasteiger charge is -2.50. The summed E-state index contributed by atoms with van der Waals surface area (Å²) in [6.45, 7) is 7.62. The number of likely N-dealkylation sites (tertiary alicyclic amines) is 1. The van der Waals surface area contributed by atoms with Gasteiger partial charge in [-0.25, -0.2) is 9.97 Å². The van der Waals surface area contributed by atoms with Crippen LogP contribution in [0.3, 0.4) is 0 Å². The normalized spacial score (nSPS) is 21.4. The van der Waals surface area contributed by atoms with Gasteiger partial charge in [-0.3, -0.25) is 4.90 Å². The number of anilines is 1. The Labute approximate surface area is 153 Å². The van der Waals surface area contributed by atoms with Gasteiger partial charge in [0.05, 0.1) is 0 Å². The summed E-state index contributed by atoms with van der Waals surface area (Å²) in [6.07, 6.45) is 15.1. The maximum Gasteiger partial charge on any atom is 0.222 e. The standard InChI is InChI=1S/C20H35N5/c1-3-21-19-22-14-18(15-23-19)16-24(2)17-20(10-6-4-7-11-20)25-12-8-5-9-13-25/h14-15H,3-13,16-17H2,1-2H3,(H,21,22,23). The number of likely N-dealkylation sites (N-methyl/N-ethyl adjacent to an activating group) is 1. The predicted molar refractivity (Wildman–Crippen MR) is 104 cm³/mol. The molecule has 0 unspecified atom stereocenters. The van der Waals surface area contributed by atoms with Crippen LogP contribution < -0.4 is 5.32 Å². The van der Waals surface area contributed by atoms with E-state index >= 15 is 0 Å². The molecule has 1 saturated heterocycles. The van der Waals surface area contributed by atoms with Crippen molar-refractivity contribution in [1.29, 1.82) is 0 Å². The van der Waals surface area contributed by atoms with Gasteiger partial charge in [-0.2, -0.15) is 0 Å². The fourth-order valence-electron chi connectivity index (χ4n) is 4.71. The largest absolute Gasteiger partial charge is 0.355 e. The second kappa shape index (κ2) is 8.95. The molecule has 2 aliphatic rings. The lowest BCUT2D eigenvalue weighted by Crippen LogP contribution is -2.57. The van der Waals surface area contributed by atoms with Gasteiger partial charge in [0.15, 0.2) is 0 Å². The van der Waals surface area contributed by atoms with Crippen LogP contribution in [-0.2, 0) is 6.54 Å². The molecule has 5 heteroatoms. The molecule has 1 aliphatic carbocycles. The van der Waals surface area contributed by atoms with Gasteiger partial charge in [-0.1, -0.05) is 25.7 Å². The van der Waals surface area contributed by atoms with Crippen molar-refractivity contribution in [2.24, 2.45) is 0 Å². The van der Waals surface area contributed by atoms with E-state index in [0.717, 1.165) is 19.0 Å². The van der Waals surface area contributed by atoms with Crippen LogP contribution in [0.25, 0.3) is 0 Å². The first-order chi connectivity index (χ1) is 12.2. The number of rotatable bonds is 7. The average molecular weight is 346 g/mol. The molecule has 1 aliphatic heterocycles. The predicted octanol–water partition coefficient (Wildman–Crippen LogP) is 3.53. The van der Waals surface area contributed by atoms with Crippen molar-refractivity contribution in [3.8, 4) is 0 Å². The molecule has 0 atom stereocenters. The fourth-order valence-corrected chi connectivity index (χ4v) is 4.71. The van der Waals surface area contributed by atoms with Crippen LogP contribution in [0.5, 0.6) is 0 Å². The Morgan fingerprint density at radius 3 is 2.32 bits per heavy atom. The molecule has 5 nitrogen and oxygen atoms in total. The highest BCUT2D eigenvalue weighted by molar-refractivity contribution is 5.24. The monoisotopic (exact) mass is 345 g/mol. The summed E-state index contributed by atoms with van der Waals surface area (Å²) in [5.74, 6) is 0.728. The Balaban J connectivity index is 1.62. The lowest BCUT2D eigenvalue weighted by molar-refractivity contribution is 0.00783. The van der Waals surface area contributed by atoms with Gasteiger partial charge in [-0.05, 0) is 52.7 Å². The fraction of sp³-hybridized carbons (Fsp3) is 0.800. The van der Waals surface area contributed by atoms with E-state index in [0.29, 0.717) is 5.54 Å². The molecule has 0 spiro atoms. The maximum atomic E-state index is 4.42. The summed E-state index contributed by atoms with van der Waals surface area (Å²) in [6, 6.07) is 0. The number of piperidine rings is 1. The highest BCUT2D eigenvalue weighted by Crippen LogP contribution is 2.36. The Kier molecular flexibility index (Phi) is 6.65. The van der Waals surface area contributed by atoms with Gasteiger partial charge >= 0.3 is 0 Å². The second-order valence-electron chi connectivity index (χ2n) is 7.95. The van der Waals surface area contributed by atoms with Gasteiger partial charge in [0, 0.05) is 43.1 Å². The summed E-state index contributed by atoms with van der Waals surface area (Å²) in [4.78, 5) is 14.2. The topological polar surface area (TPSA) is 44.3 Å². The second-order valence-corrected chi connectivity index (χ2v) is 7.95. The van der Waals surface area contributed by atoms with Crippen LogP contribution in [0, 0.1) is 0 Å². The van der Waals surface area contributed by atoms with Crippen molar-refractivity contribution < 1.29 is 0 Å². The minimum absolute atomic E-state index is 0.401. The van der Waals surface area contributed by atoms with E-state index in [9.17, 15) is 0 Å². The smallest absolute Gasteiger partial charge is 0.222 e. The minimum atomic E-state index is 0.401. The molecular formula is C20H35N5. The van der Waals surface area contributed by atoms with Gasteiger partial charge < -0.3 is 10.2 Å². The van der Waals surface area contributed by atoms with Gasteiger partial charge in [0.1, 0.15) is 0 Å². The van der Waals surface area contributed by atoms with Gasteiger partial charge in [0.2, 0.25) is 5.95 Å². The summed E-state index contributed by atoms with van der Waals surface area (Å²) < 4.78 is 0. The van der Waals surface area contributed by atoms with Crippen molar-refractivity contribution >= 4 is 5.95 Å². The Morgan fingerprint density at radius 2 is 1.68 bits per heavy atom. The Bertz CT molecular complexity index is 503. The average Bonchev–Trinajstić information content (AvgIpc) is 2.65. The first-order valence-electron chi connectivity index (χ1n) is 10.2. The Hall–Kier alpha value is -1.20. The number of aromatic nitrogens is 2. The van der Waals surface area contributed by atoms with Crippen LogP contribution in [-0.4, -0.2) is 58.5 Å². The van der Waals surface area contributed by atoms with E-state index in [2.05, 4.69) is 39.1 Å². The molecule has 0 bridgehead atoms. The van der Waals surface area contributed by atoms with Crippen LogP contribution in [0.2, 0.25) is 0 Å². The van der Waals surface area contributed by atoms with E-state index in [1.165, 1.54) is 76.6 Å². The van der Waals surface area contributed by atoms with E-state index in [-0.39, 0.29) is 0 Å². The Morgan fingerprint density at radius 1 is 1.04 bits per heavy atom. The maximum absolute atomic E-state index is 4.42. The molecule has 140 valence electrons. The molecule has 2 fully saturated rings. The van der Waals surface area contributed by atoms with Gasteiger partial charge in [0.25, 0.3) is 0 Å². The molecule has 0 aromatic carbocycles. The van der Waals surface area contributed by atoms with E-state index in [1.807, 2.05) is 12.4 Å². The van der Waals surface area contributed by atoms with Crippen LogP contribution in [0.4, 0.5) is 5.95 Å². The number of nitrogens with one attached hydrogen (secondary N) is 1. The molecule has 0 amide bonds. The number of hydrogen-bond acceptors (Lipinski definition) is 5. The molecule has 3 rings (SSSR count). The molecule has 1 N–H and O–H groups in total. The zero-order chi connectivity index (χ0) is 17.5. The molecule has 1 saturated carbocycles. The molecule has 1 aromatic heterocycles. The first-order valence-corrected chi connectivity index (χ1v) is 10.2. The summed E-state index contributed by atoms with van der Waals surface area (Å²) in [7, 11) is 2.26. The van der Waals surface area contributed by atoms with Crippen molar-refractivity contribution in [1.82, 2.24) is 19.8 Å². The first kappa shape index (κ1) is 18.6. The number of nitrogens with zero attached hydrogens (tertiary/aromatic N) is 4. The highest BCUT2D eigenvalue weighted by atomic mass is 15.3. The minimum Gasteiger partial charge on any atom is -0.355 e. The molecule has 2 heterocycles. The van der Waals surface area contributed by atoms with E-state index in [1.54, 1.807) is 0 Å². The van der Waals surface area contributed by atoms with E-state index < -0.39 is 0 Å². The van der Waals surface area contributed by atoms with Crippen molar-refractivity contribution in [2.45, 2.75) is 70.4 Å². The summed E-state index contributed by atoms with van der Waals surface area (Å²) in [5, 5.41) is 3.16. The lowest BCUT2D eigenvalue weighted by atomic mass is 9.78. The molecule has 1 aromatic rings. The molecular weight excluding hydrogens is 310 g/mol. The van der Waals surface area contributed by atoms with Crippen LogP contribution >= 0.6 is 0 Å².